The Kier molecular flexibility index (Phi) is 4.92. The Morgan fingerprint density at radius 1 is 1.28 bits per heavy atom. The summed E-state index contributed by atoms with van der Waals surface area (Å²) in [5.74, 6) is -0.605. The van der Waals surface area contributed by atoms with E-state index in [2.05, 4.69) is 9.97 Å². The van der Waals surface area contributed by atoms with Crippen LogP contribution >= 0.6 is 0 Å². The van der Waals surface area contributed by atoms with Gasteiger partial charge in [-0.1, -0.05) is 13.0 Å². The zero-order valence-electron chi connectivity index (χ0n) is 13.8. The first-order chi connectivity index (χ1) is 12.0. The fourth-order valence-electron chi connectivity index (χ4n) is 3.03. The number of hydrogen-bond donors (Lipinski definition) is 1. The van der Waals surface area contributed by atoms with E-state index in [0.29, 0.717) is 30.2 Å². The summed E-state index contributed by atoms with van der Waals surface area (Å²) in [7, 11) is 0. The van der Waals surface area contributed by atoms with Crippen LogP contribution < -0.4 is 4.74 Å². The van der Waals surface area contributed by atoms with Crippen molar-refractivity contribution in [2.75, 3.05) is 13.1 Å². The molecule has 2 aromatic rings. The molecule has 1 amide bonds. The summed E-state index contributed by atoms with van der Waals surface area (Å²) in [4.78, 5) is 33.6. The lowest BCUT2D eigenvalue weighted by Gasteiger charge is -2.34. The molecular formula is C18H19N3O4. The van der Waals surface area contributed by atoms with Crippen LogP contribution in [0.1, 0.15) is 23.7 Å². The largest absolute Gasteiger partial charge is 0.481 e. The van der Waals surface area contributed by atoms with Crippen molar-refractivity contribution >= 4 is 11.9 Å². The number of hydrogen-bond acceptors (Lipinski definition) is 5. The molecule has 130 valence electrons. The van der Waals surface area contributed by atoms with Crippen LogP contribution in [-0.4, -0.2) is 44.9 Å². The summed E-state index contributed by atoms with van der Waals surface area (Å²) >= 11 is 0. The maximum atomic E-state index is 12.8. The van der Waals surface area contributed by atoms with Crippen molar-refractivity contribution in [1.29, 1.82) is 0 Å². The van der Waals surface area contributed by atoms with Crippen molar-refractivity contribution < 1.29 is 19.4 Å². The summed E-state index contributed by atoms with van der Waals surface area (Å²) in [5, 5.41) is 9.26. The number of likely N-dealkylation sites (tertiary alicyclic amines) is 1. The number of nitrogens with zero attached hydrogens (tertiary/aromatic N) is 3. The van der Waals surface area contributed by atoms with Gasteiger partial charge in [0.15, 0.2) is 0 Å². The lowest BCUT2D eigenvalue weighted by molar-refractivity contribution is -0.143. The number of aromatic nitrogens is 2. The first kappa shape index (κ1) is 16.9. The Labute approximate surface area is 145 Å². The third-order valence-electron chi connectivity index (χ3n) is 4.14. The number of carbonyl (C=O) groups is 2. The van der Waals surface area contributed by atoms with Crippen LogP contribution in [-0.2, 0) is 4.79 Å². The van der Waals surface area contributed by atoms with Gasteiger partial charge >= 0.3 is 5.97 Å². The minimum absolute atomic E-state index is 0.151. The normalized spacial score (nSPS) is 20.1. The smallest absolute Gasteiger partial charge is 0.308 e. The maximum Gasteiger partial charge on any atom is 0.308 e. The summed E-state index contributed by atoms with van der Waals surface area (Å²) < 4.78 is 5.60. The predicted molar refractivity (Wildman–Crippen MR) is 89.4 cm³/mol. The standard InChI is InChI=1S/C18H19N3O4/c1-12-7-14(18(23)24)11-21(10-12)17(22)13-3-2-4-15(8-13)25-16-9-19-5-6-20-16/h2-6,8-9,12,14H,7,10-11H2,1H3,(H,23,24). The first-order valence-electron chi connectivity index (χ1n) is 8.09. The van der Waals surface area contributed by atoms with Crippen LogP contribution in [0.25, 0.3) is 0 Å². The van der Waals surface area contributed by atoms with E-state index in [0.717, 1.165) is 0 Å². The van der Waals surface area contributed by atoms with E-state index in [1.807, 2.05) is 6.92 Å². The molecule has 0 saturated carbocycles. The topological polar surface area (TPSA) is 92.6 Å². The Balaban J connectivity index is 1.76. The van der Waals surface area contributed by atoms with Crippen molar-refractivity contribution in [2.24, 2.45) is 11.8 Å². The molecule has 2 heterocycles. The molecule has 0 spiro atoms. The molecule has 1 aromatic carbocycles. The summed E-state index contributed by atoms with van der Waals surface area (Å²) in [6.07, 6.45) is 5.14. The minimum Gasteiger partial charge on any atom is -0.481 e. The molecule has 1 aliphatic heterocycles. The zero-order chi connectivity index (χ0) is 17.8. The Hall–Kier alpha value is -2.96. The van der Waals surface area contributed by atoms with Crippen molar-refractivity contribution in [1.82, 2.24) is 14.9 Å². The number of aliphatic carboxylic acids is 1. The van der Waals surface area contributed by atoms with Crippen LogP contribution in [0.5, 0.6) is 11.6 Å². The quantitative estimate of drug-likeness (QED) is 0.918. The molecule has 1 aromatic heterocycles. The molecule has 0 aliphatic carbocycles. The number of ether oxygens (including phenoxy) is 1. The SMILES string of the molecule is CC1CC(C(=O)O)CN(C(=O)c2cccc(Oc3cnccn3)c2)C1. The van der Waals surface area contributed by atoms with Gasteiger partial charge in [0.1, 0.15) is 5.75 Å². The Morgan fingerprint density at radius 3 is 2.84 bits per heavy atom. The summed E-state index contributed by atoms with van der Waals surface area (Å²) in [6, 6.07) is 6.78. The number of rotatable bonds is 4. The van der Waals surface area contributed by atoms with E-state index in [1.165, 1.54) is 12.4 Å². The van der Waals surface area contributed by atoms with Crippen LogP contribution in [0.2, 0.25) is 0 Å². The monoisotopic (exact) mass is 341 g/mol. The highest BCUT2D eigenvalue weighted by molar-refractivity contribution is 5.95. The van der Waals surface area contributed by atoms with Gasteiger partial charge < -0.3 is 14.7 Å². The van der Waals surface area contributed by atoms with E-state index in [9.17, 15) is 14.7 Å². The molecule has 0 bridgehead atoms. The average Bonchev–Trinajstić information content (AvgIpc) is 2.61. The van der Waals surface area contributed by atoms with E-state index in [1.54, 1.807) is 35.4 Å². The number of amides is 1. The molecule has 2 unspecified atom stereocenters. The lowest BCUT2D eigenvalue weighted by Crippen LogP contribution is -2.45. The molecule has 1 saturated heterocycles. The van der Waals surface area contributed by atoms with Gasteiger partial charge in [-0.25, -0.2) is 4.98 Å². The molecule has 25 heavy (non-hydrogen) atoms. The van der Waals surface area contributed by atoms with Crippen molar-refractivity contribution in [3.63, 3.8) is 0 Å². The van der Waals surface area contributed by atoms with Gasteiger partial charge in [-0.2, -0.15) is 0 Å². The minimum atomic E-state index is -0.857. The molecule has 1 fully saturated rings. The number of benzene rings is 1. The second-order valence-electron chi connectivity index (χ2n) is 6.26. The third kappa shape index (κ3) is 4.12. The number of piperidine rings is 1. The van der Waals surface area contributed by atoms with Gasteiger partial charge in [0.2, 0.25) is 5.88 Å². The van der Waals surface area contributed by atoms with Gasteiger partial charge in [-0.3, -0.25) is 14.6 Å². The van der Waals surface area contributed by atoms with Crippen LogP contribution in [0.15, 0.2) is 42.9 Å². The predicted octanol–water partition coefficient (Wildman–Crippen LogP) is 2.45. The molecule has 2 atom stereocenters. The van der Waals surface area contributed by atoms with Gasteiger partial charge in [0, 0.05) is 31.0 Å². The number of carboxylic acid groups (broad SMARTS) is 1. The highest BCUT2D eigenvalue weighted by atomic mass is 16.5. The first-order valence-corrected chi connectivity index (χ1v) is 8.09. The van der Waals surface area contributed by atoms with Crippen LogP contribution in [0.4, 0.5) is 0 Å². The van der Waals surface area contributed by atoms with E-state index in [4.69, 9.17) is 4.74 Å². The number of carboxylic acids is 1. The van der Waals surface area contributed by atoms with Crippen LogP contribution in [0, 0.1) is 11.8 Å². The van der Waals surface area contributed by atoms with Crippen molar-refractivity contribution in [3.8, 4) is 11.6 Å². The summed E-state index contributed by atoms with van der Waals surface area (Å²) in [5.41, 5.74) is 0.458. The third-order valence-corrected chi connectivity index (χ3v) is 4.14. The second-order valence-corrected chi connectivity index (χ2v) is 6.26. The van der Waals surface area contributed by atoms with Gasteiger partial charge in [0.25, 0.3) is 5.91 Å². The lowest BCUT2D eigenvalue weighted by atomic mass is 9.90. The van der Waals surface area contributed by atoms with E-state index in [-0.39, 0.29) is 18.4 Å². The molecule has 7 nitrogen and oxygen atoms in total. The van der Waals surface area contributed by atoms with Crippen molar-refractivity contribution in [3.05, 3.63) is 48.4 Å². The average molecular weight is 341 g/mol. The zero-order valence-corrected chi connectivity index (χ0v) is 13.8. The van der Waals surface area contributed by atoms with Gasteiger partial charge in [-0.05, 0) is 30.5 Å². The number of carbonyl (C=O) groups excluding carboxylic acids is 1. The van der Waals surface area contributed by atoms with Crippen molar-refractivity contribution in [2.45, 2.75) is 13.3 Å². The highest BCUT2D eigenvalue weighted by Crippen LogP contribution is 2.25. The van der Waals surface area contributed by atoms with Gasteiger partial charge in [-0.15, -0.1) is 0 Å². The van der Waals surface area contributed by atoms with Crippen LogP contribution in [0.3, 0.4) is 0 Å². The Bertz CT molecular complexity index is 766. The molecule has 0 radical (unpaired) electrons. The molecular weight excluding hydrogens is 322 g/mol. The Morgan fingerprint density at radius 2 is 2.12 bits per heavy atom. The fourth-order valence-corrected chi connectivity index (χ4v) is 3.03. The fraction of sp³-hybridized carbons (Fsp3) is 0.333. The van der Waals surface area contributed by atoms with E-state index >= 15 is 0 Å². The molecule has 7 heteroatoms. The molecule has 3 rings (SSSR count). The summed E-state index contributed by atoms with van der Waals surface area (Å²) in [6.45, 7) is 2.74. The molecule has 1 aliphatic rings. The van der Waals surface area contributed by atoms with E-state index < -0.39 is 11.9 Å². The molecule has 1 N–H and O–H groups in total. The highest BCUT2D eigenvalue weighted by Gasteiger charge is 2.32. The maximum absolute atomic E-state index is 12.8. The van der Waals surface area contributed by atoms with Gasteiger partial charge in [0.05, 0.1) is 12.1 Å². The second kappa shape index (κ2) is 7.29.